The van der Waals surface area contributed by atoms with E-state index in [0.717, 1.165) is 39.2 Å². The summed E-state index contributed by atoms with van der Waals surface area (Å²) < 4.78 is 7.49. The second kappa shape index (κ2) is 7.89. The van der Waals surface area contributed by atoms with Gasteiger partial charge in [-0.25, -0.2) is 9.97 Å². The number of furan rings is 1. The lowest BCUT2D eigenvalue weighted by Crippen LogP contribution is -2.12. The van der Waals surface area contributed by atoms with Gasteiger partial charge in [-0.05, 0) is 65.3 Å². The first-order chi connectivity index (χ1) is 16.7. The van der Waals surface area contributed by atoms with E-state index in [4.69, 9.17) is 14.4 Å². The van der Waals surface area contributed by atoms with Gasteiger partial charge in [0, 0.05) is 32.0 Å². The minimum Gasteiger partial charge on any atom is -0.461 e. The van der Waals surface area contributed by atoms with Crippen LogP contribution in [0.1, 0.15) is 51.5 Å². The van der Waals surface area contributed by atoms with Gasteiger partial charge in [-0.15, -0.1) is 11.3 Å². The van der Waals surface area contributed by atoms with Crippen molar-refractivity contribution in [2.24, 2.45) is 5.92 Å². The summed E-state index contributed by atoms with van der Waals surface area (Å²) in [5.41, 5.74) is 5.75. The molecule has 0 spiro atoms. The predicted molar refractivity (Wildman–Crippen MR) is 150 cm³/mol. The molecule has 0 radical (unpaired) electrons. The number of benzene rings is 3. The normalized spacial score (nSPS) is 12.7. The first-order valence-electron chi connectivity index (χ1n) is 12.3. The standard InChI is InChI=1S/C31H30N2OS/c1-17(2)13-22-18(3)34-24-11-12-25-27(26(22)24)28-29(32-16-33-30(28)35-25)20-14-19-9-7-8-10-21(19)23(15-20)31(4,5)6/h7-12,14-17H,13H2,1-6H3. The Morgan fingerprint density at radius 1 is 0.943 bits per heavy atom. The van der Waals surface area contributed by atoms with E-state index in [1.807, 2.05) is 0 Å². The zero-order valence-electron chi connectivity index (χ0n) is 21.2. The molecule has 0 N–H and O–H groups in total. The minimum atomic E-state index is 0.0118. The summed E-state index contributed by atoms with van der Waals surface area (Å²) in [5, 5.41) is 6.14. The van der Waals surface area contributed by atoms with Gasteiger partial charge in [0.05, 0.1) is 5.69 Å². The van der Waals surface area contributed by atoms with Gasteiger partial charge in [0.2, 0.25) is 0 Å². The maximum Gasteiger partial charge on any atom is 0.135 e. The van der Waals surface area contributed by atoms with Crippen molar-refractivity contribution in [3.05, 3.63) is 71.7 Å². The molecule has 0 bridgehead atoms. The predicted octanol–water partition coefficient (Wildman–Crippen LogP) is 9.22. The van der Waals surface area contributed by atoms with Crippen LogP contribution in [0.3, 0.4) is 0 Å². The molecule has 6 rings (SSSR count). The Balaban J connectivity index is 1.75. The van der Waals surface area contributed by atoms with Gasteiger partial charge in [-0.1, -0.05) is 58.9 Å². The van der Waals surface area contributed by atoms with Gasteiger partial charge < -0.3 is 4.42 Å². The Hall–Kier alpha value is -3.24. The Bertz CT molecular complexity index is 1750. The molecule has 3 nitrogen and oxygen atoms in total. The molecule has 0 aliphatic carbocycles. The van der Waals surface area contributed by atoms with E-state index in [1.165, 1.54) is 37.4 Å². The first kappa shape index (κ1) is 22.2. The molecular weight excluding hydrogens is 448 g/mol. The molecule has 35 heavy (non-hydrogen) atoms. The average Bonchev–Trinajstić information content (AvgIpc) is 3.34. The van der Waals surface area contributed by atoms with Crippen LogP contribution in [0.5, 0.6) is 0 Å². The largest absolute Gasteiger partial charge is 0.461 e. The summed E-state index contributed by atoms with van der Waals surface area (Å²) in [7, 11) is 0. The third-order valence-corrected chi connectivity index (χ3v) is 8.01. The molecule has 3 heterocycles. The van der Waals surface area contributed by atoms with Crippen LogP contribution in [0.2, 0.25) is 0 Å². The molecule has 0 atom stereocenters. The molecule has 3 aromatic carbocycles. The molecule has 6 aromatic rings. The third kappa shape index (κ3) is 3.54. The van der Waals surface area contributed by atoms with Crippen LogP contribution in [0, 0.1) is 12.8 Å². The molecule has 0 aliphatic heterocycles. The highest BCUT2D eigenvalue weighted by Crippen LogP contribution is 2.45. The maximum atomic E-state index is 6.26. The molecule has 0 unspecified atom stereocenters. The van der Waals surface area contributed by atoms with Crippen LogP contribution in [-0.2, 0) is 11.8 Å². The van der Waals surface area contributed by atoms with Crippen LogP contribution in [-0.4, -0.2) is 9.97 Å². The van der Waals surface area contributed by atoms with Crippen molar-refractivity contribution in [2.45, 2.75) is 53.4 Å². The highest BCUT2D eigenvalue weighted by molar-refractivity contribution is 7.25. The summed E-state index contributed by atoms with van der Waals surface area (Å²) >= 11 is 1.74. The van der Waals surface area contributed by atoms with Gasteiger partial charge in [-0.2, -0.15) is 0 Å². The molecule has 176 valence electrons. The number of thiophene rings is 1. The maximum absolute atomic E-state index is 6.26. The van der Waals surface area contributed by atoms with Gasteiger partial charge in [-0.3, -0.25) is 0 Å². The van der Waals surface area contributed by atoms with E-state index in [1.54, 1.807) is 17.7 Å². The summed E-state index contributed by atoms with van der Waals surface area (Å²) in [6.45, 7) is 13.5. The lowest BCUT2D eigenvalue weighted by molar-refractivity contribution is 0.560. The Kier molecular flexibility index (Phi) is 5.01. The Labute approximate surface area is 209 Å². The fraction of sp³-hybridized carbons (Fsp3) is 0.290. The van der Waals surface area contributed by atoms with Crippen molar-refractivity contribution in [3.63, 3.8) is 0 Å². The topological polar surface area (TPSA) is 38.9 Å². The second-order valence-electron chi connectivity index (χ2n) is 11.0. The van der Waals surface area contributed by atoms with Crippen LogP contribution >= 0.6 is 11.3 Å². The number of hydrogen-bond acceptors (Lipinski definition) is 4. The van der Waals surface area contributed by atoms with E-state index in [9.17, 15) is 0 Å². The van der Waals surface area contributed by atoms with E-state index >= 15 is 0 Å². The quantitative estimate of drug-likeness (QED) is 0.254. The highest BCUT2D eigenvalue weighted by Gasteiger charge is 2.23. The minimum absolute atomic E-state index is 0.0118. The molecule has 4 heteroatoms. The number of nitrogens with zero attached hydrogens (tertiary/aromatic N) is 2. The van der Waals surface area contributed by atoms with Crippen molar-refractivity contribution in [3.8, 4) is 11.3 Å². The lowest BCUT2D eigenvalue weighted by atomic mass is 9.82. The first-order valence-corrected chi connectivity index (χ1v) is 13.2. The summed E-state index contributed by atoms with van der Waals surface area (Å²) in [6, 6.07) is 17.6. The van der Waals surface area contributed by atoms with E-state index in [0.29, 0.717) is 5.92 Å². The summed E-state index contributed by atoms with van der Waals surface area (Å²) in [6.07, 6.45) is 2.70. The van der Waals surface area contributed by atoms with Crippen molar-refractivity contribution >= 4 is 53.4 Å². The van der Waals surface area contributed by atoms with Crippen molar-refractivity contribution in [1.29, 1.82) is 0 Å². The van der Waals surface area contributed by atoms with E-state index in [2.05, 4.69) is 90.1 Å². The molecule has 0 aliphatic rings. The van der Waals surface area contributed by atoms with Gasteiger partial charge in [0.15, 0.2) is 0 Å². The smallest absolute Gasteiger partial charge is 0.135 e. The molecule has 0 saturated carbocycles. The SMILES string of the molecule is Cc1oc2ccc3sc4ncnc(-c5cc(C(C)(C)C)c6ccccc6c5)c4c3c2c1CC(C)C. The van der Waals surface area contributed by atoms with Crippen LogP contribution in [0.4, 0.5) is 0 Å². The number of rotatable bonds is 3. The van der Waals surface area contributed by atoms with Gasteiger partial charge in [0.1, 0.15) is 22.5 Å². The lowest BCUT2D eigenvalue weighted by Gasteiger charge is -2.22. The van der Waals surface area contributed by atoms with Gasteiger partial charge in [0.25, 0.3) is 0 Å². The van der Waals surface area contributed by atoms with E-state index < -0.39 is 0 Å². The molecule has 0 fully saturated rings. The average molecular weight is 479 g/mol. The Morgan fingerprint density at radius 2 is 1.74 bits per heavy atom. The highest BCUT2D eigenvalue weighted by atomic mass is 32.1. The van der Waals surface area contributed by atoms with E-state index in [-0.39, 0.29) is 5.41 Å². The number of fused-ring (bicyclic) bond motifs is 6. The zero-order valence-corrected chi connectivity index (χ0v) is 22.0. The van der Waals surface area contributed by atoms with Crippen LogP contribution < -0.4 is 0 Å². The fourth-order valence-corrected chi connectivity index (χ4v) is 6.45. The second-order valence-corrected chi connectivity index (χ2v) is 12.1. The zero-order chi connectivity index (χ0) is 24.5. The fourth-order valence-electron chi connectivity index (χ4n) is 5.40. The third-order valence-electron chi connectivity index (χ3n) is 6.94. The summed E-state index contributed by atoms with van der Waals surface area (Å²) in [4.78, 5) is 10.6. The molecule has 0 saturated heterocycles. The van der Waals surface area contributed by atoms with Crippen molar-refractivity contribution in [2.75, 3.05) is 0 Å². The Morgan fingerprint density at radius 3 is 2.51 bits per heavy atom. The van der Waals surface area contributed by atoms with Gasteiger partial charge >= 0.3 is 0 Å². The monoisotopic (exact) mass is 478 g/mol. The number of aromatic nitrogens is 2. The summed E-state index contributed by atoms with van der Waals surface area (Å²) in [5.74, 6) is 1.56. The van der Waals surface area contributed by atoms with Crippen LogP contribution in [0.15, 0.2) is 59.3 Å². The number of hydrogen-bond donors (Lipinski definition) is 0. The molecule has 0 amide bonds. The molecule has 3 aromatic heterocycles. The van der Waals surface area contributed by atoms with Crippen LogP contribution in [0.25, 0.3) is 53.3 Å². The van der Waals surface area contributed by atoms with Crippen molar-refractivity contribution < 1.29 is 4.42 Å². The van der Waals surface area contributed by atoms with Crippen molar-refractivity contribution in [1.82, 2.24) is 9.97 Å². The molecular formula is C31H30N2OS. The number of aryl methyl sites for hydroxylation is 1.